The fourth-order valence-corrected chi connectivity index (χ4v) is 2.44. The van der Waals surface area contributed by atoms with Gasteiger partial charge in [0.1, 0.15) is 5.75 Å². The zero-order valence-electron chi connectivity index (χ0n) is 11.4. The van der Waals surface area contributed by atoms with Crippen molar-refractivity contribution in [1.29, 1.82) is 0 Å². The number of hydrogen-bond acceptors (Lipinski definition) is 1. The minimum atomic E-state index is 0.293. The van der Waals surface area contributed by atoms with Crippen molar-refractivity contribution in [2.24, 2.45) is 0 Å². The van der Waals surface area contributed by atoms with Gasteiger partial charge in [0.05, 0.1) is 0 Å². The summed E-state index contributed by atoms with van der Waals surface area (Å²) in [6.45, 7) is 2.10. The van der Waals surface area contributed by atoms with Gasteiger partial charge in [0, 0.05) is 0 Å². The van der Waals surface area contributed by atoms with Gasteiger partial charge in [-0.25, -0.2) is 0 Å². The summed E-state index contributed by atoms with van der Waals surface area (Å²) in [6.07, 6.45) is 0. The van der Waals surface area contributed by atoms with Crippen LogP contribution < -0.4 is 0 Å². The first kappa shape index (κ1) is 12.5. The third kappa shape index (κ3) is 2.43. The smallest absolute Gasteiger partial charge is 0.115 e. The maximum atomic E-state index is 9.43. The molecule has 0 heterocycles. The fourth-order valence-electron chi connectivity index (χ4n) is 2.44. The summed E-state index contributed by atoms with van der Waals surface area (Å²) < 4.78 is 0. The lowest BCUT2D eigenvalue weighted by atomic mass is 9.94. The molecule has 0 atom stereocenters. The van der Waals surface area contributed by atoms with Crippen LogP contribution in [0.1, 0.15) is 5.56 Å². The maximum absolute atomic E-state index is 9.43. The molecular weight excluding hydrogens is 244 g/mol. The molecule has 3 aromatic rings. The van der Waals surface area contributed by atoms with Gasteiger partial charge in [0.2, 0.25) is 0 Å². The quantitative estimate of drug-likeness (QED) is 0.684. The fraction of sp³-hybridized carbons (Fsp3) is 0.0526. The van der Waals surface area contributed by atoms with Crippen molar-refractivity contribution in [3.8, 4) is 28.0 Å². The van der Waals surface area contributed by atoms with Crippen molar-refractivity contribution in [3.63, 3.8) is 0 Å². The van der Waals surface area contributed by atoms with Gasteiger partial charge in [-0.05, 0) is 41.3 Å². The Labute approximate surface area is 119 Å². The van der Waals surface area contributed by atoms with E-state index in [1.54, 1.807) is 12.1 Å². The van der Waals surface area contributed by atoms with Crippen LogP contribution in [-0.2, 0) is 0 Å². The Bertz CT molecular complexity index is 727. The van der Waals surface area contributed by atoms with E-state index in [2.05, 4.69) is 49.4 Å². The van der Waals surface area contributed by atoms with Gasteiger partial charge in [-0.3, -0.25) is 0 Å². The molecule has 3 aromatic carbocycles. The zero-order chi connectivity index (χ0) is 13.9. The molecule has 0 aromatic heterocycles. The predicted molar refractivity (Wildman–Crippen MR) is 83.7 cm³/mol. The minimum absolute atomic E-state index is 0.293. The van der Waals surface area contributed by atoms with Crippen molar-refractivity contribution in [2.45, 2.75) is 6.92 Å². The number of hydrogen-bond donors (Lipinski definition) is 1. The molecule has 20 heavy (non-hydrogen) atoms. The first-order valence-corrected chi connectivity index (χ1v) is 6.69. The number of benzene rings is 3. The summed E-state index contributed by atoms with van der Waals surface area (Å²) in [7, 11) is 0. The van der Waals surface area contributed by atoms with Crippen molar-refractivity contribution < 1.29 is 5.11 Å². The normalized spacial score (nSPS) is 10.4. The lowest BCUT2D eigenvalue weighted by Gasteiger charge is -2.11. The largest absolute Gasteiger partial charge is 0.508 e. The molecule has 1 nitrogen and oxygen atoms in total. The van der Waals surface area contributed by atoms with Gasteiger partial charge >= 0.3 is 0 Å². The van der Waals surface area contributed by atoms with Gasteiger partial charge < -0.3 is 5.11 Å². The standard InChI is InChI=1S/C19H16O/c1-14-5-4-6-16(13-14)19-8-3-2-7-18(19)15-9-11-17(20)12-10-15/h2-13,20H,1H3. The molecule has 0 aliphatic heterocycles. The van der Waals surface area contributed by atoms with Crippen LogP contribution in [0.15, 0.2) is 72.8 Å². The molecule has 3 rings (SSSR count). The van der Waals surface area contributed by atoms with E-state index in [4.69, 9.17) is 0 Å². The Hall–Kier alpha value is -2.54. The molecule has 0 aliphatic carbocycles. The molecule has 0 fully saturated rings. The van der Waals surface area contributed by atoms with Crippen LogP contribution in [0.25, 0.3) is 22.3 Å². The van der Waals surface area contributed by atoms with E-state index in [1.807, 2.05) is 18.2 Å². The highest BCUT2D eigenvalue weighted by Gasteiger charge is 2.06. The van der Waals surface area contributed by atoms with Crippen LogP contribution in [-0.4, -0.2) is 5.11 Å². The number of phenols is 1. The average Bonchev–Trinajstić information content (AvgIpc) is 2.48. The molecule has 0 spiro atoms. The van der Waals surface area contributed by atoms with Gasteiger partial charge in [-0.1, -0.05) is 66.2 Å². The zero-order valence-corrected chi connectivity index (χ0v) is 11.4. The van der Waals surface area contributed by atoms with Crippen LogP contribution in [0.5, 0.6) is 5.75 Å². The Kier molecular flexibility index (Phi) is 3.26. The van der Waals surface area contributed by atoms with E-state index in [1.165, 1.54) is 22.3 Å². The first-order valence-electron chi connectivity index (χ1n) is 6.69. The van der Waals surface area contributed by atoms with E-state index in [-0.39, 0.29) is 0 Å². The lowest BCUT2D eigenvalue weighted by Crippen LogP contribution is -1.85. The third-order valence-corrected chi connectivity index (χ3v) is 3.43. The molecule has 0 saturated heterocycles. The van der Waals surface area contributed by atoms with Crippen molar-refractivity contribution in [3.05, 3.63) is 78.4 Å². The second-order valence-electron chi connectivity index (χ2n) is 4.96. The highest BCUT2D eigenvalue weighted by Crippen LogP contribution is 2.32. The van der Waals surface area contributed by atoms with Crippen molar-refractivity contribution in [2.75, 3.05) is 0 Å². The maximum Gasteiger partial charge on any atom is 0.115 e. The van der Waals surface area contributed by atoms with Gasteiger partial charge in [-0.2, -0.15) is 0 Å². The van der Waals surface area contributed by atoms with Gasteiger partial charge in [0.15, 0.2) is 0 Å². The second kappa shape index (κ2) is 5.22. The summed E-state index contributed by atoms with van der Waals surface area (Å²) in [5, 5.41) is 9.43. The summed E-state index contributed by atoms with van der Waals surface area (Å²) in [5.74, 6) is 0.293. The molecule has 1 N–H and O–H groups in total. The molecule has 0 radical (unpaired) electrons. The van der Waals surface area contributed by atoms with Crippen LogP contribution in [0.2, 0.25) is 0 Å². The Morgan fingerprint density at radius 1 is 0.650 bits per heavy atom. The van der Waals surface area contributed by atoms with E-state index < -0.39 is 0 Å². The Balaban J connectivity index is 2.16. The minimum Gasteiger partial charge on any atom is -0.508 e. The molecule has 1 heteroatoms. The van der Waals surface area contributed by atoms with Crippen LogP contribution in [0, 0.1) is 6.92 Å². The van der Waals surface area contributed by atoms with Gasteiger partial charge in [-0.15, -0.1) is 0 Å². The van der Waals surface area contributed by atoms with E-state index in [9.17, 15) is 5.11 Å². The molecule has 0 unspecified atom stereocenters. The second-order valence-corrected chi connectivity index (χ2v) is 4.96. The third-order valence-electron chi connectivity index (χ3n) is 3.43. The number of aryl methyl sites for hydroxylation is 1. The van der Waals surface area contributed by atoms with E-state index in [0.717, 1.165) is 5.56 Å². The summed E-state index contributed by atoms with van der Waals surface area (Å²) in [6, 6.07) is 24.2. The molecule has 98 valence electrons. The number of rotatable bonds is 2. The van der Waals surface area contributed by atoms with Crippen LogP contribution >= 0.6 is 0 Å². The molecule has 0 saturated carbocycles. The van der Waals surface area contributed by atoms with Crippen LogP contribution in [0.4, 0.5) is 0 Å². The van der Waals surface area contributed by atoms with Gasteiger partial charge in [0.25, 0.3) is 0 Å². The first-order chi connectivity index (χ1) is 9.74. The summed E-state index contributed by atoms with van der Waals surface area (Å²) in [4.78, 5) is 0. The van der Waals surface area contributed by atoms with E-state index >= 15 is 0 Å². The SMILES string of the molecule is Cc1cccc(-c2ccccc2-c2ccc(O)cc2)c1. The number of phenolic OH excluding ortho intramolecular Hbond substituents is 1. The lowest BCUT2D eigenvalue weighted by molar-refractivity contribution is 0.475. The summed E-state index contributed by atoms with van der Waals surface area (Å²) in [5.41, 5.74) is 5.97. The Morgan fingerprint density at radius 3 is 1.95 bits per heavy atom. The molecule has 0 aliphatic rings. The number of aromatic hydroxyl groups is 1. The Morgan fingerprint density at radius 2 is 1.30 bits per heavy atom. The summed E-state index contributed by atoms with van der Waals surface area (Å²) >= 11 is 0. The predicted octanol–water partition coefficient (Wildman–Crippen LogP) is 5.03. The molecule has 0 amide bonds. The van der Waals surface area contributed by atoms with E-state index in [0.29, 0.717) is 5.75 Å². The highest BCUT2D eigenvalue weighted by molar-refractivity contribution is 5.83. The van der Waals surface area contributed by atoms with Crippen molar-refractivity contribution in [1.82, 2.24) is 0 Å². The average molecular weight is 260 g/mol. The highest BCUT2D eigenvalue weighted by atomic mass is 16.3. The molecule has 0 bridgehead atoms. The monoisotopic (exact) mass is 260 g/mol. The van der Waals surface area contributed by atoms with Crippen LogP contribution in [0.3, 0.4) is 0 Å². The topological polar surface area (TPSA) is 20.2 Å². The van der Waals surface area contributed by atoms with Crippen molar-refractivity contribution >= 4 is 0 Å². The molecular formula is C19H16O.